The highest BCUT2D eigenvalue weighted by Gasteiger charge is 2.32. The molecule has 16 heteroatoms. The monoisotopic (exact) mass is 701 g/mol. The molecular formula is C35H47N11O5. The Morgan fingerprint density at radius 2 is 1.75 bits per heavy atom. The second-order valence-corrected chi connectivity index (χ2v) is 13.2. The molecule has 0 spiro atoms. The van der Waals surface area contributed by atoms with Crippen LogP contribution in [0.15, 0.2) is 43.1 Å². The van der Waals surface area contributed by atoms with Crippen molar-refractivity contribution >= 4 is 11.6 Å². The number of hydrogen-bond acceptors (Lipinski definition) is 14. The summed E-state index contributed by atoms with van der Waals surface area (Å²) in [4.78, 5) is 11.8. The topological polar surface area (TPSA) is 172 Å². The van der Waals surface area contributed by atoms with E-state index in [-0.39, 0.29) is 24.4 Å². The fourth-order valence-electron chi connectivity index (χ4n) is 6.74. The van der Waals surface area contributed by atoms with E-state index in [4.69, 9.17) is 28.8 Å². The lowest BCUT2D eigenvalue weighted by Gasteiger charge is -2.42. The first-order valence-electron chi connectivity index (χ1n) is 17.6. The number of morpholine rings is 1. The van der Waals surface area contributed by atoms with Crippen molar-refractivity contribution in [2.75, 3.05) is 51.9 Å². The van der Waals surface area contributed by atoms with Gasteiger partial charge in [0.25, 0.3) is 5.88 Å². The fraction of sp³-hybridized carbons (Fsp3) is 0.571. The molecule has 1 N–H and O–H groups in total. The lowest BCUT2D eigenvalue weighted by atomic mass is 9.89. The van der Waals surface area contributed by atoms with E-state index in [0.717, 1.165) is 49.9 Å². The minimum Gasteiger partial charge on any atom is -0.487 e. The third-order valence-electron chi connectivity index (χ3n) is 9.10. The van der Waals surface area contributed by atoms with E-state index in [1.54, 1.807) is 30.3 Å². The number of rotatable bonds is 16. The molecule has 6 rings (SSSR count). The minimum atomic E-state index is -0.277. The molecule has 1 aliphatic heterocycles. The van der Waals surface area contributed by atoms with E-state index in [0.29, 0.717) is 67.8 Å². The number of hydrogen-bond donors (Lipinski definition) is 1. The molecule has 3 atom stereocenters. The van der Waals surface area contributed by atoms with Crippen molar-refractivity contribution < 1.29 is 23.7 Å². The summed E-state index contributed by atoms with van der Waals surface area (Å²) in [5.74, 6) is 1.33. The summed E-state index contributed by atoms with van der Waals surface area (Å²) in [6, 6.07) is 8.43. The summed E-state index contributed by atoms with van der Waals surface area (Å²) in [6.07, 6.45) is 11.5. The second kappa shape index (κ2) is 17.5. The average Bonchev–Trinajstić information content (AvgIpc) is 3.79. The van der Waals surface area contributed by atoms with E-state index in [1.165, 1.54) is 6.33 Å². The maximum absolute atomic E-state index is 9.68. The van der Waals surface area contributed by atoms with Gasteiger partial charge >= 0.3 is 0 Å². The van der Waals surface area contributed by atoms with Crippen LogP contribution in [0.4, 0.5) is 11.6 Å². The fourth-order valence-corrected chi connectivity index (χ4v) is 6.74. The standard InChI is InChI=1S/C35H47N11O5/c1-24-19-44(20-25(2)50-24)30-7-9-31(10-8-30)46-22-32(34(41-46)49-14-13-48-12-11-47-4)40-35-37-17-29(18-38-35)27-5-6-28(16-36)33(15-27)51-26(3)21-45-23-39-42-43-45/h5-6,15,17-18,22-26,30-31H,7-14,19-21H2,1-4H3,(H,37,38,40)/t24-,25+,26-,30?,31?/m0/s1. The highest BCUT2D eigenvalue weighted by Crippen LogP contribution is 2.35. The smallest absolute Gasteiger partial charge is 0.257 e. The number of benzene rings is 1. The van der Waals surface area contributed by atoms with Gasteiger partial charge in [-0.3, -0.25) is 9.58 Å². The molecule has 0 radical (unpaired) electrons. The van der Waals surface area contributed by atoms with E-state index >= 15 is 0 Å². The van der Waals surface area contributed by atoms with Crippen LogP contribution < -0.4 is 14.8 Å². The van der Waals surface area contributed by atoms with Crippen molar-refractivity contribution in [3.05, 3.63) is 48.7 Å². The number of nitriles is 1. The Morgan fingerprint density at radius 1 is 1.00 bits per heavy atom. The molecule has 51 heavy (non-hydrogen) atoms. The van der Waals surface area contributed by atoms with Gasteiger partial charge in [0.2, 0.25) is 5.95 Å². The van der Waals surface area contributed by atoms with Crippen molar-refractivity contribution in [2.45, 2.75) is 83.4 Å². The van der Waals surface area contributed by atoms with E-state index in [1.807, 2.05) is 29.9 Å². The van der Waals surface area contributed by atoms with Gasteiger partial charge in [0, 0.05) is 44.2 Å². The number of methoxy groups -OCH3 is 1. The summed E-state index contributed by atoms with van der Waals surface area (Å²) < 4.78 is 32.5. The number of nitrogens with one attached hydrogen (secondary N) is 1. The molecule has 2 fully saturated rings. The Morgan fingerprint density at radius 3 is 2.45 bits per heavy atom. The van der Waals surface area contributed by atoms with Gasteiger partial charge in [0.1, 0.15) is 36.5 Å². The van der Waals surface area contributed by atoms with Gasteiger partial charge in [-0.1, -0.05) is 6.07 Å². The Labute approximate surface area is 298 Å². The minimum absolute atomic E-state index is 0.264. The van der Waals surface area contributed by atoms with Crippen LogP contribution in [-0.4, -0.2) is 116 Å². The third kappa shape index (κ3) is 9.76. The van der Waals surface area contributed by atoms with Crippen LogP contribution >= 0.6 is 0 Å². The Kier molecular flexibility index (Phi) is 12.4. The maximum Gasteiger partial charge on any atom is 0.257 e. The molecule has 0 unspecified atom stereocenters. The van der Waals surface area contributed by atoms with Gasteiger partial charge in [-0.2, -0.15) is 5.26 Å². The molecule has 2 aliphatic rings. The molecule has 4 aromatic rings. The highest BCUT2D eigenvalue weighted by atomic mass is 16.5. The first-order valence-corrected chi connectivity index (χ1v) is 17.6. The first kappa shape index (κ1) is 36.1. The summed E-state index contributed by atoms with van der Waals surface area (Å²) in [5.41, 5.74) is 2.69. The van der Waals surface area contributed by atoms with Crippen molar-refractivity contribution in [1.82, 2.24) is 44.9 Å². The SMILES string of the molecule is COCCOCCOc1nn(C2CCC(N3C[C@@H](C)O[C@@H](C)C3)CC2)cc1Nc1ncc(-c2ccc(C#N)c(O[C@@H](C)Cn3cnnn3)c2)cn1. The Balaban J connectivity index is 1.12. The van der Waals surface area contributed by atoms with Gasteiger partial charge in [-0.05, 0) is 74.6 Å². The lowest BCUT2D eigenvalue weighted by Crippen LogP contribution is -2.51. The Bertz CT molecular complexity index is 1690. The predicted octanol–water partition coefficient (Wildman–Crippen LogP) is 4.04. The van der Waals surface area contributed by atoms with Crippen LogP contribution in [0.1, 0.15) is 58.1 Å². The van der Waals surface area contributed by atoms with Crippen LogP contribution in [0, 0.1) is 11.3 Å². The lowest BCUT2D eigenvalue weighted by molar-refractivity contribution is -0.0852. The van der Waals surface area contributed by atoms with Gasteiger partial charge in [-0.25, -0.2) is 14.6 Å². The summed E-state index contributed by atoms with van der Waals surface area (Å²) in [7, 11) is 1.65. The molecule has 272 valence electrons. The molecular weight excluding hydrogens is 654 g/mol. The van der Waals surface area contributed by atoms with Crippen molar-refractivity contribution in [1.29, 1.82) is 5.26 Å². The number of nitrogens with zero attached hydrogens (tertiary/aromatic N) is 10. The number of aromatic nitrogens is 8. The molecule has 4 heterocycles. The number of anilines is 2. The van der Waals surface area contributed by atoms with Crippen molar-refractivity contribution in [3.8, 4) is 28.8 Å². The summed E-state index contributed by atoms with van der Waals surface area (Å²) in [5, 5.41) is 29.1. The second-order valence-electron chi connectivity index (χ2n) is 13.2. The molecule has 16 nitrogen and oxygen atoms in total. The average molecular weight is 702 g/mol. The van der Waals surface area contributed by atoms with Crippen LogP contribution in [0.5, 0.6) is 11.6 Å². The van der Waals surface area contributed by atoms with Gasteiger partial charge < -0.3 is 29.0 Å². The Hall–Kier alpha value is -4.69. The molecule has 1 aromatic carbocycles. The van der Waals surface area contributed by atoms with Crippen molar-refractivity contribution in [3.63, 3.8) is 0 Å². The zero-order valence-electron chi connectivity index (χ0n) is 29.7. The number of tetrazole rings is 1. The first-order chi connectivity index (χ1) is 24.9. The molecule has 1 aliphatic carbocycles. The normalized spacial score (nSPS) is 21.5. The third-order valence-corrected chi connectivity index (χ3v) is 9.10. The van der Waals surface area contributed by atoms with Crippen LogP contribution in [0.3, 0.4) is 0 Å². The van der Waals surface area contributed by atoms with Gasteiger partial charge in [0.05, 0.1) is 56.4 Å². The van der Waals surface area contributed by atoms with E-state index in [9.17, 15) is 5.26 Å². The molecule has 1 saturated carbocycles. The van der Waals surface area contributed by atoms with Gasteiger partial charge in [0.15, 0.2) is 0 Å². The van der Waals surface area contributed by atoms with E-state index in [2.05, 4.69) is 55.6 Å². The van der Waals surface area contributed by atoms with Crippen LogP contribution in [-0.2, 0) is 20.8 Å². The van der Waals surface area contributed by atoms with Crippen molar-refractivity contribution in [2.24, 2.45) is 0 Å². The largest absolute Gasteiger partial charge is 0.487 e. The van der Waals surface area contributed by atoms with Crippen LogP contribution in [0.25, 0.3) is 11.1 Å². The molecule has 3 aromatic heterocycles. The maximum atomic E-state index is 9.68. The zero-order chi connectivity index (χ0) is 35.6. The van der Waals surface area contributed by atoms with Gasteiger partial charge in [-0.15, -0.1) is 10.2 Å². The summed E-state index contributed by atoms with van der Waals surface area (Å²) >= 11 is 0. The zero-order valence-corrected chi connectivity index (χ0v) is 29.7. The predicted molar refractivity (Wildman–Crippen MR) is 187 cm³/mol. The quantitative estimate of drug-likeness (QED) is 0.166. The molecule has 0 bridgehead atoms. The molecule has 1 saturated heterocycles. The van der Waals surface area contributed by atoms with Crippen LogP contribution in [0.2, 0.25) is 0 Å². The summed E-state index contributed by atoms with van der Waals surface area (Å²) in [6.45, 7) is 10.4. The number of ether oxygens (including phenoxy) is 5. The van der Waals surface area contributed by atoms with E-state index < -0.39 is 0 Å². The molecule has 0 amide bonds. The highest BCUT2D eigenvalue weighted by molar-refractivity contribution is 5.67.